The Morgan fingerprint density at radius 1 is 1.20 bits per heavy atom. The van der Waals surface area contributed by atoms with E-state index in [4.69, 9.17) is 15.6 Å². The van der Waals surface area contributed by atoms with E-state index in [-0.39, 0.29) is 5.92 Å². The van der Waals surface area contributed by atoms with E-state index in [0.717, 1.165) is 11.1 Å². The number of nitrogens with two attached hydrogens (primary N) is 1. The molecule has 132 valence electrons. The summed E-state index contributed by atoms with van der Waals surface area (Å²) in [6, 6.07) is 5.91. The number of anilines is 2. The number of piperidine rings is 1. The van der Waals surface area contributed by atoms with E-state index < -0.39 is 5.97 Å². The van der Waals surface area contributed by atoms with Gasteiger partial charge in [-0.3, -0.25) is 4.79 Å². The number of hydrogen-bond acceptors (Lipinski definition) is 6. The van der Waals surface area contributed by atoms with Gasteiger partial charge in [0.15, 0.2) is 5.82 Å². The van der Waals surface area contributed by atoms with E-state index in [0.29, 0.717) is 49.1 Å². The van der Waals surface area contributed by atoms with Crippen LogP contribution in [-0.4, -0.2) is 34.1 Å². The predicted octanol–water partition coefficient (Wildman–Crippen LogP) is 2.77. The van der Waals surface area contributed by atoms with Gasteiger partial charge in [0.1, 0.15) is 17.8 Å². The fourth-order valence-electron chi connectivity index (χ4n) is 3.15. The first kappa shape index (κ1) is 17.0. The lowest BCUT2D eigenvalue weighted by atomic mass is 9.97. The summed E-state index contributed by atoms with van der Waals surface area (Å²) in [5.74, 6) is 0.548. The molecule has 7 nitrogen and oxygen atoms in total. The van der Waals surface area contributed by atoms with Gasteiger partial charge in [0.05, 0.1) is 5.92 Å². The summed E-state index contributed by atoms with van der Waals surface area (Å²) in [5.41, 5.74) is 8.79. The highest BCUT2D eigenvalue weighted by Crippen LogP contribution is 2.33. The Kier molecular flexibility index (Phi) is 4.74. The van der Waals surface area contributed by atoms with Crippen LogP contribution < -0.4 is 15.4 Å². The lowest BCUT2D eigenvalue weighted by Crippen LogP contribution is -2.37. The molecule has 0 unspecified atom stereocenters. The molecule has 0 spiro atoms. The number of carboxylic acid groups (broad SMARTS) is 1. The molecule has 0 amide bonds. The number of aryl methyl sites for hydroxylation is 2. The highest BCUT2D eigenvalue weighted by molar-refractivity contribution is 5.72. The van der Waals surface area contributed by atoms with Crippen molar-refractivity contribution < 1.29 is 14.6 Å². The Labute approximate surface area is 146 Å². The van der Waals surface area contributed by atoms with E-state index in [1.54, 1.807) is 0 Å². The monoisotopic (exact) mass is 342 g/mol. The minimum absolute atomic E-state index is 0.301. The van der Waals surface area contributed by atoms with Gasteiger partial charge >= 0.3 is 5.97 Å². The number of carboxylic acids is 1. The van der Waals surface area contributed by atoms with Gasteiger partial charge in [-0.1, -0.05) is 6.07 Å². The summed E-state index contributed by atoms with van der Waals surface area (Å²) in [4.78, 5) is 21.5. The minimum atomic E-state index is -0.742. The van der Waals surface area contributed by atoms with Crippen LogP contribution in [0.5, 0.6) is 11.6 Å². The van der Waals surface area contributed by atoms with Crippen LogP contribution in [0.15, 0.2) is 24.5 Å². The molecule has 0 aliphatic carbocycles. The number of rotatable bonds is 4. The molecule has 0 saturated carbocycles. The van der Waals surface area contributed by atoms with E-state index >= 15 is 0 Å². The smallest absolute Gasteiger partial charge is 0.306 e. The second kappa shape index (κ2) is 6.96. The number of aromatic nitrogens is 2. The standard InChI is InChI=1S/C18H22N4O3/c1-11-7-12(2)9-14(8-11)25-17-15(19)16(20-10-21-17)22-5-3-13(4-6-22)18(23)24/h7-10,13H,3-6,19H2,1-2H3,(H,23,24). The van der Waals surface area contributed by atoms with Crippen molar-refractivity contribution in [3.8, 4) is 11.6 Å². The van der Waals surface area contributed by atoms with Crippen molar-refractivity contribution in [3.05, 3.63) is 35.7 Å². The fraction of sp³-hybridized carbons (Fsp3) is 0.389. The molecule has 1 aliphatic rings. The Morgan fingerprint density at radius 3 is 2.44 bits per heavy atom. The fourth-order valence-corrected chi connectivity index (χ4v) is 3.15. The Hall–Kier alpha value is -2.83. The van der Waals surface area contributed by atoms with Crippen molar-refractivity contribution in [2.75, 3.05) is 23.7 Å². The van der Waals surface area contributed by atoms with Crippen molar-refractivity contribution in [1.82, 2.24) is 9.97 Å². The van der Waals surface area contributed by atoms with Crippen molar-refractivity contribution in [1.29, 1.82) is 0 Å². The molecule has 0 atom stereocenters. The van der Waals surface area contributed by atoms with Crippen LogP contribution in [-0.2, 0) is 4.79 Å². The van der Waals surface area contributed by atoms with Crippen LogP contribution in [0.2, 0.25) is 0 Å². The first-order chi connectivity index (χ1) is 11.9. The van der Waals surface area contributed by atoms with Crippen molar-refractivity contribution >= 4 is 17.5 Å². The quantitative estimate of drug-likeness (QED) is 0.881. The molecule has 0 bridgehead atoms. The molecule has 1 saturated heterocycles. The molecular weight excluding hydrogens is 320 g/mol. The molecule has 1 aromatic carbocycles. The lowest BCUT2D eigenvalue weighted by Gasteiger charge is -2.31. The molecule has 2 heterocycles. The van der Waals surface area contributed by atoms with E-state index in [9.17, 15) is 4.79 Å². The zero-order valence-electron chi connectivity index (χ0n) is 14.4. The van der Waals surface area contributed by atoms with Gasteiger partial charge in [0.25, 0.3) is 0 Å². The molecule has 0 radical (unpaired) electrons. The van der Waals surface area contributed by atoms with Gasteiger partial charge in [-0.15, -0.1) is 0 Å². The van der Waals surface area contributed by atoms with Gasteiger partial charge in [0.2, 0.25) is 5.88 Å². The molecule has 1 fully saturated rings. The molecule has 3 N–H and O–H groups in total. The zero-order chi connectivity index (χ0) is 18.0. The molecular formula is C18H22N4O3. The Balaban J connectivity index is 1.79. The van der Waals surface area contributed by atoms with E-state index in [1.165, 1.54) is 6.33 Å². The number of carbonyl (C=O) groups is 1. The summed E-state index contributed by atoms with van der Waals surface area (Å²) < 4.78 is 5.86. The van der Waals surface area contributed by atoms with Crippen molar-refractivity contribution in [2.24, 2.45) is 5.92 Å². The summed E-state index contributed by atoms with van der Waals surface area (Å²) in [5, 5.41) is 9.11. The molecule has 25 heavy (non-hydrogen) atoms. The van der Waals surface area contributed by atoms with E-state index in [2.05, 4.69) is 16.0 Å². The summed E-state index contributed by atoms with van der Waals surface area (Å²) >= 11 is 0. The molecule has 1 aromatic heterocycles. The number of nitrogens with zero attached hydrogens (tertiary/aromatic N) is 3. The van der Waals surface area contributed by atoms with Gasteiger partial charge in [-0.2, -0.15) is 4.98 Å². The first-order valence-electron chi connectivity index (χ1n) is 8.28. The number of ether oxygens (including phenoxy) is 1. The lowest BCUT2D eigenvalue weighted by molar-refractivity contribution is -0.142. The summed E-state index contributed by atoms with van der Waals surface area (Å²) in [6.07, 6.45) is 2.57. The number of hydrogen-bond donors (Lipinski definition) is 2. The van der Waals surface area contributed by atoms with Gasteiger partial charge in [-0.05, 0) is 49.9 Å². The average molecular weight is 342 g/mol. The first-order valence-corrected chi connectivity index (χ1v) is 8.28. The van der Waals surface area contributed by atoms with Gasteiger partial charge < -0.3 is 20.5 Å². The third-order valence-corrected chi connectivity index (χ3v) is 4.38. The average Bonchev–Trinajstić information content (AvgIpc) is 2.56. The molecule has 2 aromatic rings. The maximum Gasteiger partial charge on any atom is 0.306 e. The normalized spacial score (nSPS) is 15.2. The van der Waals surface area contributed by atoms with Crippen LogP contribution in [0.3, 0.4) is 0 Å². The Morgan fingerprint density at radius 2 is 1.84 bits per heavy atom. The predicted molar refractivity (Wildman–Crippen MR) is 95.0 cm³/mol. The SMILES string of the molecule is Cc1cc(C)cc(Oc2ncnc(N3CCC(C(=O)O)CC3)c2N)c1. The molecule has 1 aliphatic heterocycles. The van der Waals surface area contributed by atoms with Gasteiger partial charge in [0, 0.05) is 13.1 Å². The van der Waals surface area contributed by atoms with Crippen LogP contribution in [0, 0.1) is 19.8 Å². The van der Waals surface area contributed by atoms with E-state index in [1.807, 2.05) is 30.9 Å². The largest absolute Gasteiger partial charge is 0.481 e. The number of aliphatic carboxylic acids is 1. The van der Waals surface area contributed by atoms with Crippen molar-refractivity contribution in [3.63, 3.8) is 0 Å². The topological polar surface area (TPSA) is 102 Å². The number of benzene rings is 1. The number of nitrogen functional groups attached to an aromatic ring is 1. The van der Waals surface area contributed by atoms with Crippen LogP contribution in [0.25, 0.3) is 0 Å². The third-order valence-electron chi connectivity index (χ3n) is 4.38. The second-order valence-corrected chi connectivity index (χ2v) is 6.44. The third kappa shape index (κ3) is 3.81. The maximum absolute atomic E-state index is 11.1. The summed E-state index contributed by atoms with van der Waals surface area (Å²) in [7, 11) is 0. The summed E-state index contributed by atoms with van der Waals surface area (Å²) in [6.45, 7) is 5.20. The highest BCUT2D eigenvalue weighted by Gasteiger charge is 2.27. The highest BCUT2D eigenvalue weighted by atomic mass is 16.5. The van der Waals surface area contributed by atoms with Crippen LogP contribution in [0.4, 0.5) is 11.5 Å². The zero-order valence-corrected chi connectivity index (χ0v) is 14.4. The van der Waals surface area contributed by atoms with Crippen LogP contribution in [0.1, 0.15) is 24.0 Å². The minimum Gasteiger partial charge on any atom is -0.481 e. The van der Waals surface area contributed by atoms with Gasteiger partial charge in [-0.25, -0.2) is 4.98 Å². The molecule has 3 rings (SSSR count). The van der Waals surface area contributed by atoms with Crippen LogP contribution >= 0.6 is 0 Å². The Bertz CT molecular complexity index is 766. The second-order valence-electron chi connectivity index (χ2n) is 6.44. The molecule has 7 heteroatoms. The maximum atomic E-state index is 11.1. The van der Waals surface area contributed by atoms with Crippen molar-refractivity contribution in [2.45, 2.75) is 26.7 Å².